The average molecular weight is 426 g/mol. The molecular weight excluding hydrogens is 397 g/mol. The highest BCUT2D eigenvalue weighted by Crippen LogP contribution is 2.49. The lowest BCUT2D eigenvalue weighted by Crippen LogP contribution is -2.23. The number of halogens is 3. The van der Waals surface area contributed by atoms with Gasteiger partial charge in [0, 0.05) is 11.5 Å². The Balaban J connectivity index is 2.75. The van der Waals surface area contributed by atoms with Crippen molar-refractivity contribution in [2.75, 3.05) is 0 Å². The average Bonchev–Trinajstić information content (AvgIpc) is 2.59. The van der Waals surface area contributed by atoms with Gasteiger partial charge >= 0.3 is 12.3 Å². The van der Waals surface area contributed by atoms with Crippen LogP contribution in [0.3, 0.4) is 0 Å². The molecule has 0 fully saturated rings. The van der Waals surface area contributed by atoms with Crippen molar-refractivity contribution in [1.82, 2.24) is 0 Å². The van der Waals surface area contributed by atoms with Crippen LogP contribution >= 0.6 is 0 Å². The van der Waals surface area contributed by atoms with Crippen LogP contribution in [0.5, 0.6) is 11.5 Å². The molecule has 2 unspecified atom stereocenters. The summed E-state index contributed by atoms with van der Waals surface area (Å²) in [5.74, 6) is -3.46. The second-order valence-corrected chi connectivity index (χ2v) is 8.01. The topological polar surface area (TPSA) is 66.8 Å². The highest BCUT2D eigenvalue weighted by molar-refractivity contribution is 5.94. The summed E-state index contributed by atoms with van der Waals surface area (Å²) in [4.78, 5) is 11.9. The summed E-state index contributed by atoms with van der Waals surface area (Å²) >= 11 is 0. The van der Waals surface area contributed by atoms with Gasteiger partial charge in [0.2, 0.25) is 0 Å². The molecule has 2 atom stereocenters. The number of alkyl halides is 3. The third kappa shape index (κ3) is 5.58. The Morgan fingerprint density at radius 3 is 2.53 bits per heavy atom. The number of benzene rings is 1. The van der Waals surface area contributed by atoms with Crippen molar-refractivity contribution in [3.8, 4) is 11.5 Å². The number of ether oxygens (including phenoxy) is 1. The number of hydrogen-bond donors (Lipinski definition) is 2. The van der Waals surface area contributed by atoms with E-state index >= 15 is 0 Å². The molecule has 0 amide bonds. The van der Waals surface area contributed by atoms with Gasteiger partial charge in [-0.25, -0.2) is 4.79 Å². The minimum absolute atomic E-state index is 0.139. The van der Waals surface area contributed by atoms with Crippen LogP contribution in [0.1, 0.15) is 80.3 Å². The maximum absolute atomic E-state index is 13.2. The maximum Gasteiger partial charge on any atom is 0.573 e. The lowest BCUT2D eigenvalue weighted by atomic mass is 9.73. The first kappa shape index (κ1) is 23.8. The fraction of sp³-hybridized carbons (Fsp3) is 0.522. The normalized spacial score (nSPS) is 19.3. The number of carboxylic acids is 1. The number of hydrogen-bond acceptors (Lipinski definition) is 3. The van der Waals surface area contributed by atoms with E-state index in [1.54, 1.807) is 13.0 Å². The second-order valence-electron chi connectivity index (χ2n) is 8.01. The van der Waals surface area contributed by atoms with Gasteiger partial charge < -0.3 is 14.9 Å². The van der Waals surface area contributed by atoms with Crippen LogP contribution in [-0.2, 0) is 6.42 Å². The zero-order valence-electron chi connectivity index (χ0n) is 17.6. The van der Waals surface area contributed by atoms with Gasteiger partial charge in [0.05, 0.1) is 0 Å². The van der Waals surface area contributed by atoms with Gasteiger partial charge in [-0.15, -0.1) is 13.2 Å². The molecule has 166 valence electrons. The summed E-state index contributed by atoms with van der Waals surface area (Å²) in [5, 5.41) is 20.6. The second kappa shape index (κ2) is 9.58. The first-order valence-electron chi connectivity index (χ1n) is 10.2. The molecule has 30 heavy (non-hydrogen) atoms. The summed E-state index contributed by atoms with van der Waals surface area (Å²) in [5.41, 5.74) is 1.35. The van der Waals surface area contributed by atoms with Gasteiger partial charge in [0.1, 0.15) is 17.1 Å². The quantitative estimate of drug-likeness (QED) is 0.357. The van der Waals surface area contributed by atoms with Crippen molar-refractivity contribution in [2.24, 2.45) is 5.92 Å². The van der Waals surface area contributed by atoms with Crippen LogP contribution in [-0.4, -0.2) is 22.5 Å². The number of rotatable bonds is 8. The van der Waals surface area contributed by atoms with Crippen LogP contribution in [0.25, 0.3) is 0 Å². The number of unbranched alkanes of at least 4 members (excludes halogenated alkanes) is 2. The van der Waals surface area contributed by atoms with Crippen molar-refractivity contribution in [3.05, 3.63) is 46.6 Å². The number of carbonyl (C=O) groups is 1. The SMILES string of the molecule is C=C(C)C1CCC(C)=CC1c1c(OC(F)(F)F)cc(CCCCC)c(C(=O)O)c1O. The first-order valence-corrected chi connectivity index (χ1v) is 10.2. The monoisotopic (exact) mass is 426 g/mol. The number of aromatic hydroxyl groups is 1. The number of allylic oxidation sites excluding steroid dienone is 3. The van der Waals surface area contributed by atoms with E-state index < -0.39 is 29.7 Å². The Bertz CT molecular complexity index is 840. The van der Waals surface area contributed by atoms with E-state index in [2.05, 4.69) is 11.3 Å². The zero-order chi connectivity index (χ0) is 22.6. The van der Waals surface area contributed by atoms with Crippen LogP contribution in [0.2, 0.25) is 0 Å². The zero-order valence-corrected chi connectivity index (χ0v) is 17.6. The van der Waals surface area contributed by atoms with Gasteiger partial charge in [-0.3, -0.25) is 0 Å². The molecule has 0 heterocycles. The molecule has 2 rings (SSSR count). The third-order valence-corrected chi connectivity index (χ3v) is 5.59. The molecule has 1 aliphatic rings. The Labute approximate surface area is 175 Å². The predicted molar refractivity (Wildman–Crippen MR) is 109 cm³/mol. The molecule has 1 aliphatic carbocycles. The molecule has 1 aromatic carbocycles. The fourth-order valence-corrected chi connectivity index (χ4v) is 4.15. The summed E-state index contributed by atoms with van der Waals surface area (Å²) in [6.45, 7) is 9.56. The van der Waals surface area contributed by atoms with Crippen molar-refractivity contribution in [3.63, 3.8) is 0 Å². The van der Waals surface area contributed by atoms with Crippen molar-refractivity contribution >= 4 is 5.97 Å². The van der Waals surface area contributed by atoms with Gasteiger partial charge in [0.25, 0.3) is 0 Å². The molecule has 0 spiro atoms. The molecule has 0 saturated carbocycles. The van der Waals surface area contributed by atoms with Crippen LogP contribution in [0.4, 0.5) is 13.2 Å². The van der Waals surface area contributed by atoms with Crippen molar-refractivity contribution in [1.29, 1.82) is 0 Å². The molecule has 0 saturated heterocycles. The largest absolute Gasteiger partial charge is 0.573 e. The van der Waals surface area contributed by atoms with Crippen molar-refractivity contribution < 1.29 is 32.9 Å². The maximum atomic E-state index is 13.2. The van der Waals surface area contributed by atoms with Crippen LogP contribution < -0.4 is 4.74 Å². The third-order valence-electron chi connectivity index (χ3n) is 5.59. The molecule has 0 aliphatic heterocycles. The highest BCUT2D eigenvalue weighted by Gasteiger charge is 2.38. The Morgan fingerprint density at radius 2 is 2.00 bits per heavy atom. The fourth-order valence-electron chi connectivity index (χ4n) is 4.15. The number of carboxylic acid groups (broad SMARTS) is 1. The molecule has 1 aromatic rings. The van der Waals surface area contributed by atoms with E-state index in [-0.39, 0.29) is 29.0 Å². The summed E-state index contributed by atoms with van der Waals surface area (Å²) in [7, 11) is 0. The van der Waals surface area contributed by atoms with Crippen LogP contribution in [0.15, 0.2) is 29.9 Å². The van der Waals surface area contributed by atoms with E-state index in [1.807, 2.05) is 13.8 Å². The summed E-state index contributed by atoms with van der Waals surface area (Å²) in [6.07, 6.45) is 0.699. The highest BCUT2D eigenvalue weighted by atomic mass is 19.4. The summed E-state index contributed by atoms with van der Waals surface area (Å²) < 4.78 is 43.9. The van der Waals surface area contributed by atoms with Crippen LogP contribution in [0, 0.1) is 5.92 Å². The van der Waals surface area contributed by atoms with E-state index in [1.165, 1.54) is 0 Å². The van der Waals surface area contributed by atoms with Crippen molar-refractivity contribution in [2.45, 2.75) is 71.6 Å². The molecule has 2 N–H and O–H groups in total. The number of aryl methyl sites for hydroxylation is 1. The first-order chi connectivity index (χ1) is 14.0. The number of aromatic carboxylic acids is 1. The Kier molecular flexibility index (Phi) is 7.61. The van der Waals surface area contributed by atoms with E-state index in [0.717, 1.165) is 36.5 Å². The van der Waals surface area contributed by atoms with Gasteiger partial charge in [0.15, 0.2) is 0 Å². The molecule has 0 bridgehead atoms. The Hall–Kier alpha value is -2.44. The molecule has 4 nitrogen and oxygen atoms in total. The lowest BCUT2D eigenvalue weighted by molar-refractivity contribution is -0.275. The Morgan fingerprint density at radius 1 is 1.33 bits per heavy atom. The van der Waals surface area contributed by atoms with Gasteiger partial charge in [-0.1, -0.05) is 43.6 Å². The number of phenols is 1. The summed E-state index contributed by atoms with van der Waals surface area (Å²) in [6, 6.07) is 1.13. The van der Waals surface area contributed by atoms with Gasteiger partial charge in [-0.05, 0) is 57.1 Å². The van der Waals surface area contributed by atoms with E-state index in [9.17, 15) is 28.2 Å². The predicted octanol–water partition coefficient (Wildman–Crippen LogP) is 6.74. The lowest BCUT2D eigenvalue weighted by Gasteiger charge is -2.32. The molecular formula is C23H29F3O4. The van der Waals surface area contributed by atoms with E-state index in [0.29, 0.717) is 12.8 Å². The molecule has 7 heteroatoms. The smallest absolute Gasteiger partial charge is 0.507 e. The minimum Gasteiger partial charge on any atom is -0.507 e. The van der Waals surface area contributed by atoms with Gasteiger partial charge in [-0.2, -0.15) is 0 Å². The minimum atomic E-state index is -4.97. The molecule has 0 radical (unpaired) electrons. The van der Waals surface area contributed by atoms with E-state index in [4.69, 9.17) is 0 Å². The standard InChI is InChI=1S/C23H29F3O4/c1-5-6-7-8-15-12-18(30-23(24,25)26)20(21(27)19(15)22(28)29)17-11-14(4)9-10-16(17)13(2)3/h11-12,16-17,27H,2,5-10H2,1,3-4H3,(H,28,29). The molecule has 0 aromatic heterocycles.